The molecule has 6 heteroatoms. The summed E-state index contributed by atoms with van der Waals surface area (Å²) in [4.78, 5) is 15.0. The van der Waals surface area contributed by atoms with Crippen LogP contribution in [0.1, 0.15) is 10.4 Å². The van der Waals surface area contributed by atoms with Gasteiger partial charge in [0, 0.05) is 6.20 Å². The van der Waals surface area contributed by atoms with E-state index in [1.54, 1.807) is 12.3 Å². The van der Waals surface area contributed by atoms with E-state index in [1.165, 1.54) is 11.3 Å². The number of thiophene rings is 1. The van der Waals surface area contributed by atoms with E-state index in [4.69, 9.17) is 5.73 Å². The molecule has 2 aromatic heterocycles. The summed E-state index contributed by atoms with van der Waals surface area (Å²) in [5.74, 6) is -0.398. The van der Waals surface area contributed by atoms with Crippen LogP contribution < -0.4 is 5.73 Å². The molecular weight excluding hydrogens is 243 g/mol. The van der Waals surface area contributed by atoms with Gasteiger partial charge < -0.3 is 5.73 Å². The summed E-state index contributed by atoms with van der Waals surface area (Å²) in [6.07, 6.45) is 1.59. The molecule has 14 heavy (non-hydrogen) atoms. The van der Waals surface area contributed by atoms with Crippen LogP contribution in [-0.2, 0) is 0 Å². The summed E-state index contributed by atoms with van der Waals surface area (Å²) in [5, 5.41) is 1.89. The van der Waals surface area contributed by atoms with Crippen LogP contribution in [0.3, 0.4) is 0 Å². The quantitative estimate of drug-likeness (QED) is 0.844. The first-order valence-corrected chi connectivity index (χ1v) is 4.29. The highest BCUT2D eigenvalue weighted by Gasteiger charge is 2.06. The molecule has 2 N–H and O–H groups in total. The largest absolute Gasteiger partial charge is 0.366 e. The molecule has 2 heterocycles. The lowest BCUT2D eigenvalue weighted by Crippen LogP contribution is -2.10. The Morgan fingerprint density at radius 1 is 1.36 bits per heavy atom. The molecule has 0 bridgehead atoms. The number of primary amides is 1. The first-order valence-electron chi connectivity index (χ1n) is 3.41. The second-order valence-corrected chi connectivity index (χ2v) is 3.27. The smallest absolute Gasteiger partial charge is 0.250 e. The number of carbonyl (C=O) groups excluding carboxylic acids is 1. The van der Waals surface area contributed by atoms with E-state index in [2.05, 4.69) is 4.98 Å². The molecule has 0 aliphatic heterocycles. The number of aromatic nitrogens is 1. The van der Waals surface area contributed by atoms with Gasteiger partial charge >= 0.3 is 0 Å². The van der Waals surface area contributed by atoms with E-state index in [0.29, 0.717) is 5.56 Å². The number of hydrogen-bond acceptors (Lipinski definition) is 3. The topological polar surface area (TPSA) is 56.0 Å². The van der Waals surface area contributed by atoms with Crippen LogP contribution in [0.5, 0.6) is 0 Å². The highest BCUT2D eigenvalue weighted by Crippen LogP contribution is 2.21. The maximum atomic E-state index is 10.9. The highest BCUT2D eigenvalue weighted by atomic mass is 35.5. The van der Waals surface area contributed by atoms with Gasteiger partial charge in [0.1, 0.15) is 0 Å². The number of amides is 1. The van der Waals surface area contributed by atoms with Crippen LogP contribution in [0.4, 0.5) is 0 Å². The zero-order valence-corrected chi connectivity index (χ0v) is 9.42. The Hall–Kier alpha value is -0.840. The third kappa shape index (κ3) is 2.15. The Morgan fingerprint density at radius 3 is 2.71 bits per heavy atom. The van der Waals surface area contributed by atoms with Crippen molar-refractivity contribution in [3.05, 3.63) is 29.3 Å². The summed E-state index contributed by atoms with van der Waals surface area (Å²) in [7, 11) is 0. The van der Waals surface area contributed by atoms with Crippen molar-refractivity contribution in [3.63, 3.8) is 0 Å². The zero-order valence-electron chi connectivity index (χ0n) is 6.97. The van der Waals surface area contributed by atoms with Crippen molar-refractivity contribution in [2.75, 3.05) is 0 Å². The van der Waals surface area contributed by atoms with Crippen molar-refractivity contribution in [1.29, 1.82) is 0 Å². The Kier molecular flexibility index (Phi) is 4.83. The molecule has 0 fully saturated rings. The van der Waals surface area contributed by atoms with Gasteiger partial charge in [0.05, 0.1) is 15.8 Å². The van der Waals surface area contributed by atoms with Gasteiger partial charge in [-0.05, 0) is 17.5 Å². The predicted octanol–water partition coefficient (Wildman–Crippen LogP) is 2.24. The molecule has 0 saturated heterocycles. The zero-order chi connectivity index (χ0) is 8.55. The van der Waals surface area contributed by atoms with E-state index in [1.807, 2.05) is 11.4 Å². The lowest BCUT2D eigenvalue weighted by Gasteiger charge is -1.94. The van der Waals surface area contributed by atoms with Gasteiger partial charge in [0.15, 0.2) is 0 Å². The van der Waals surface area contributed by atoms with E-state index in [9.17, 15) is 4.79 Å². The molecule has 0 unspecified atom stereocenters. The van der Waals surface area contributed by atoms with Gasteiger partial charge in [0.25, 0.3) is 0 Å². The molecule has 2 rings (SSSR count). The predicted molar refractivity (Wildman–Crippen MR) is 62.6 cm³/mol. The van der Waals surface area contributed by atoms with Gasteiger partial charge in [-0.2, -0.15) is 0 Å². The molecule has 3 nitrogen and oxygen atoms in total. The first kappa shape index (κ1) is 13.2. The third-order valence-corrected chi connectivity index (χ3v) is 2.55. The number of hydrogen-bond donors (Lipinski definition) is 1. The fourth-order valence-electron chi connectivity index (χ4n) is 1.07. The number of carbonyl (C=O) groups is 1. The molecule has 0 aliphatic carbocycles. The maximum absolute atomic E-state index is 10.9. The maximum Gasteiger partial charge on any atom is 0.250 e. The molecule has 76 valence electrons. The average molecular weight is 251 g/mol. The highest BCUT2D eigenvalue weighted by molar-refractivity contribution is 7.17. The average Bonchev–Trinajstić information content (AvgIpc) is 2.49. The second kappa shape index (κ2) is 5.14. The van der Waals surface area contributed by atoms with Gasteiger partial charge in [-0.3, -0.25) is 9.78 Å². The number of pyridine rings is 1. The van der Waals surface area contributed by atoms with E-state index < -0.39 is 5.91 Å². The molecule has 2 aromatic rings. The summed E-state index contributed by atoms with van der Waals surface area (Å²) >= 11 is 1.48. The molecule has 0 atom stereocenters. The lowest BCUT2D eigenvalue weighted by atomic mass is 10.2. The minimum absolute atomic E-state index is 0. The standard InChI is InChI=1S/C8H6N2OS.2ClH/c9-8(11)5-1-3-10-6-2-4-12-7(5)6;;/h1-4H,(H2,9,11);2*1H. The molecule has 0 aromatic carbocycles. The Bertz CT molecular complexity index is 444. The molecule has 0 saturated carbocycles. The van der Waals surface area contributed by atoms with Gasteiger partial charge in [-0.15, -0.1) is 36.2 Å². The lowest BCUT2D eigenvalue weighted by molar-refractivity contribution is 0.100. The van der Waals surface area contributed by atoms with Crippen molar-refractivity contribution in [1.82, 2.24) is 4.98 Å². The van der Waals surface area contributed by atoms with Crippen LogP contribution in [0.25, 0.3) is 10.2 Å². The fraction of sp³-hybridized carbons (Fsp3) is 0. The summed E-state index contributed by atoms with van der Waals surface area (Å²) in [6, 6.07) is 3.51. The van der Waals surface area contributed by atoms with Crippen molar-refractivity contribution in [2.24, 2.45) is 5.73 Å². The van der Waals surface area contributed by atoms with Crippen LogP contribution in [0.2, 0.25) is 0 Å². The second-order valence-electron chi connectivity index (χ2n) is 2.36. The van der Waals surface area contributed by atoms with Crippen LogP contribution in [0.15, 0.2) is 23.7 Å². The molecule has 0 radical (unpaired) electrons. The third-order valence-electron chi connectivity index (χ3n) is 1.61. The molecule has 0 aliphatic rings. The van der Waals surface area contributed by atoms with Crippen LogP contribution in [-0.4, -0.2) is 10.9 Å². The van der Waals surface area contributed by atoms with Crippen molar-refractivity contribution >= 4 is 52.3 Å². The Balaban J connectivity index is 0.000000845. The Labute approximate surface area is 97.1 Å². The van der Waals surface area contributed by atoms with Crippen LogP contribution >= 0.6 is 36.2 Å². The fourth-order valence-corrected chi connectivity index (χ4v) is 1.94. The minimum atomic E-state index is -0.398. The molecular formula is C8H8Cl2N2OS. The number of nitrogens with zero attached hydrogens (tertiary/aromatic N) is 1. The summed E-state index contributed by atoms with van der Waals surface area (Å²) in [6.45, 7) is 0. The normalized spacial score (nSPS) is 8.86. The van der Waals surface area contributed by atoms with E-state index in [-0.39, 0.29) is 24.8 Å². The number of nitrogens with two attached hydrogens (primary N) is 1. The van der Waals surface area contributed by atoms with Crippen molar-refractivity contribution < 1.29 is 4.79 Å². The van der Waals surface area contributed by atoms with E-state index in [0.717, 1.165) is 10.2 Å². The first-order chi connectivity index (χ1) is 5.79. The number of rotatable bonds is 1. The summed E-state index contributed by atoms with van der Waals surface area (Å²) < 4.78 is 0.866. The number of halogens is 2. The Morgan fingerprint density at radius 2 is 2.07 bits per heavy atom. The number of fused-ring (bicyclic) bond motifs is 1. The molecule has 0 spiro atoms. The summed E-state index contributed by atoms with van der Waals surface area (Å²) in [5.41, 5.74) is 6.56. The van der Waals surface area contributed by atoms with E-state index >= 15 is 0 Å². The van der Waals surface area contributed by atoms with Crippen LogP contribution in [0, 0.1) is 0 Å². The van der Waals surface area contributed by atoms with Gasteiger partial charge in [-0.1, -0.05) is 0 Å². The van der Waals surface area contributed by atoms with Crippen molar-refractivity contribution in [2.45, 2.75) is 0 Å². The monoisotopic (exact) mass is 250 g/mol. The minimum Gasteiger partial charge on any atom is -0.366 e. The van der Waals surface area contributed by atoms with Crippen molar-refractivity contribution in [3.8, 4) is 0 Å². The SMILES string of the molecule is Cl.Cl.NC(=O)c1ccnc2ccsc12. The molecule has 1 amide bonds. The van der Waals surface area contributed by atoms with Gasteiger partial charge in [-0.25, -0.2) is 0 Å². The van der Waals surface area contributed by atoms with Gasteiger partial charge in [0.2, 0.25) is 5.91 Å².